The zero-order valence-electron chi connectivity index (χ0n) is 27.0. The van der Waals surface area contributed by atoms with Crippen LogP contribution in [-0.4, -0.2) is 73.2 Å². The molecule has 2 heterocycles. The molecule has 0 aliphatic carbocycles. The van der Waals surface area contributed by atoms with Crippen molar-refractivity contribution in [1.82, 2.24) is 0 Å². The molecule has 8 heteroatoms. The van der Waals surface area contributed by atoms with E-state index in [1.54, 1.807) is 19.1 Å². The Kier molecular flexibility index (Phi) is 11.5. The predicted octanol–water partition coefficient (Wildman–Crippen LogP) is 5.63. The minimum absolute atomic E-state index is 0.0849. The van der Waals surface area contributed by atoms with Crippen molar-refractivity contribution in [2.45, 2.75) is 148 Å². The van der Waals surface area contributed by atoms with Crippen LogP contribution in [0.2, 0.25) is 0 Å². The van der Waals surface area contributed by atoms with Gasteiger partial charge in [-0.2, -0.15) is 0 Å². The number of aryl methyl sites for hydroxylation is 2. The van der Waals surface area contributed by atoms with Crippen molar-refractivity contribution < 1.29 is 39.8 Å². The number of carboxylic acids is 1. The van der Waals surface area contributed by atoms with E-state index in [9.17, 15) is 30.3 Å². The quantitative estimate of drug-likeness (QED) is 0.199. The molecule has 0 aromatic heterocycles. The molecule has 1 aromatic carbocycles. The fraction of sp³-hybridized carbons (Fsp3) is 0.794. The Morgan fingerprint density at radius 3 is 2.31 bits per heavy atom. The van der Waals surface area contributed by atoms with Gasteiger partial charge in [0.05, 0.1) is 41.7 Å². The summed E-state index contributed by atoms with van der Waals surface area (Å²) in [6.45, 7) is 15.7. The lowest BCUT2D eigenvalue weighted by Crippen LogP contribution is -2.55. The fourth-order valence-electron chi connectivity index (χ4n) is 7.66. The van der Waals surface area contributed by atoms with Crippen molar-refractivity contribution in [3.8, 4) is 5.75 Å². The molecular weight excluding hydrogens is 536 g/mol. The maximum atomic E-state index is 11.8. The Hall–Kier alpha value is -1.71. The number of rotatable bonds is 13. The first kappa shape index (κ1) is 34.8. The standard InChI is InChI=1S/C34H56O8/c1-9-25(31-21(6)18-34(11-3,42-31)26-16-17-33(40,10-2)23(8)41-26)30(37)22(7)28(35)19(4)12-14-24-15-13-20(5)29(36)27(24)32(38)39/h13,15,19,21-23,25-26,28,30-31,35-37,40H,9-12,14,16-18H2,1-8H3,(H,38,39). The Labute approximate surface area is 252 Å². The molecule has 5 N–H and O–H groups in total. The van der Waals surface area contributed by atoms with E-state index in [-0.39, 0.29) is 47.4 Å². The minimum atomic E-state index is -1.17. The highest BCUT2D eigenvalue weighted by Gasteiger charge is 2.55. The van der Waals surface area contributed by atoms with Crippen molar-refractivity contribution in [3.63, 3.8) is 0 Å². The lowest BCUT2D eigenvalue weighted by atomic mass is 9.75. The van der Waals surface area contributed by atoms with Crippen molar-refractivity contribution >= 4 is 5.97 Å². The molecule has 2 aliphatic heterocycles. The van der Waals surface area contributed by atoms with Gasteiger partial charge in [0.15, 0.2) is 0 Å². The molecule has 240 valence electrons. The van der Waals surface area contributed by atoms with Crippen LogP contribution >= 0.6 is 0 Å². The van der Waals surface area contributed by atoms with Crippen LogP contribution in [0.4, 0.5) is 0 Å². The van der Waals surface area contributed by atoms with Gasteiger partial charge in [0.25, 0.3) is 0 Å². The average molecular weight is 593 g/mol. The van der Waals surface area contributed by atoms with Crippen LogP contribution < -0.4 is 0 Å². The molecule has 2 saturated heterocycles. The van der Waals surface area contributed by atoms with Gasteiger partial charge in [-0.1, -0.05) is 53.7 Å². The van der Waals surface area contributed by atoms with E-state index in [0.29, 0.717) is 43.2 Å². The zero-order chi connectivity index (χ0) is 31.6. The Balaban J connectivity index is 1.69. The summed E-state index contributed by atoms with van der Waals surface area (Å²) in [4.78, 5) is 11.8. The number of aromatic hydroxyl groups is 1. The average Bonchev–Trinajstić information content (AvgIpc) is 3.31. The molecule has 42 heavy (non-hydrogen) atoms. The largest absolute Gasteiger partial charge is 0.507 e. The summed E-state index contributed by atoms with van der Waals surface area (Å²) < 4.78 is 13.3. The van der Waals surface area contributed by atoms with Gasteiger partial charge in [0.2, 0.25) is 0 Å². The van der Waals surface area contributed by atoms with Crippen molar-refractivity contribution in [2.75, 3.05) is 0 Å². The van der Waals surface area contributed by atoms with Crippen LogP contribution in [0.15, 0.2) is 12.1 Å². The number of phenols is 1. The highest BCUT2D eigenvalue weighted by Crippen LogP contribution is 2.49. The Bertz CT molecular complexity index is 1060. The normalized spacial score (nSPS) is 33.6. The minimum Gasteiger partial charge on any atom is -0.507 e. The lowest BCUT2D eigenvalue weighted by molar-refractivity contribution is -0.232. The van der Waals surface area contributed by atoms with Crippen LogP contribution in [0.5, 0.6) is 5.75 Å². The molecule has 0 saturated carbocycles. The first-order valence-electron chi connectivity index (χ1n) is 16.1. The summed E-state index contributed by atoms with van der Waals surface area (Å²) in [5, 5.41) is 53.8. The van der Waals surface area contributed by atoms with E-state index in [1.807, 2.05) is 27.7 Å². The number of aromatic carboxylic acids is 1. The van der Waals surface area contributed by atoms with Crippen LogP contribution in [0.3, 0.4) is 0 Å². The first-order valence-corrected chi connectivity index (χ1v) is 16.1. The maximum Gasteiger partial charge on any atom is 0.339 e. The van der Waals surface area contributed by atoms with Crippen LogP contribution in [0.1, 0.15) is 115 Å². The number of ether oxygens (including phenoxy) is 2. The van der Waals surface area contributed by atoms with Crippen LogP contribution in [-0.2, 0) is 15.9 Å². The van der Waals surface area contributed by atoms with Crippen LogP contribution in [0.25, 0.3) is 0 Å². The lowest BCUT2D eigenvalue weighted by Gasteiger charge is -2.47. The number of hydrogen-bond acceptors (Lipinski definition) is 7. The van der Waals surface area contributed by atoms with E-state index >= 15 is 0 Å². The molecule has 2 fully saturated rings. The summed E-state index contributed by atoms with van der Waals surface area (Å²) in [6, 6.07) is 3.43. The Morgan fingerprint density at radius 2 is 1.76 bits per heavy atom. The molecule has 3 rings (SSSR count). The molecular formula is C34H56O8. The van der Waals surface area contributed by atoms with Gasteiger partial charge < -0.3 is 35.0 Å². The van der Waals surface area contributed by atoms with Crippen molar-refractivity contribution in [2.24, 2.45) is 23.7 Å². The fourth-order valence-corrected chi connectivity index (χ4v) is 7.66. The molecule has 0 bridgehead atoms. The molecule has 2 aliphatic rings. The molecule has 11 unspecified atom stereocenters. The maximum absolute atomic E-state index is 11.8. The SMILES string of the molecule is CCC(C(O)C(C)C(O)C(C)CCc1ccc(C)c(O)c1C(=O)O)C1OC(CC)(C2CCC(O)(CC)C(C)O2)CC1C. The van der Waals surface area contributed by atoms with Crippen LogP contribution in [0, 0.1) is 30.6 Å². The van der Waals surface area contributed by atoms with Gasteiger partial charge >= 0.3 is 5.97 Å². The number of hydrogen-bond donors (Lipinski definition) is 5. The second-order valence-electron chi connectivity index (χ2n) is 13.4. The number of aliphatic hydroxyl groups excluding tert-OH is 2. The van der Waals surface area contributed by atoms with E-state index in [2.05, 4.69) is 20.8 Å². The van der Waals surface area contributed by atoms with Gasteiger partial charge in [-0.05, 0) is 88.2 Å². The van der Waals surface area contributed by atoms with Gasteiger partial charge in [-0.25, -0.2) is 4.79 Å². The zero-order valence-corrected chi connectivity index (χ0v) is 27.0. The molecule has 11 atom stereocenters. The third-order valence-corrected chi connectivity index (χ3v) is 10.9. The monoisotopic (exact) mass is 592 g/mol. The molecule has 0 amide bonds. The summed E-state index contributed by atoms with van der Waals surface area (Å²) in [5.41, 5.74) is -0.330. The van der Waals surface area contributed by atoms with Gasteiger partial charge in [-0.15, -0.1) is 0 Å². The number of benzene rings is 1. The Morgan fingerprint density at radius 1 is 1.10 bits per heavy atom. The predicted molar refractivity (Wildman–Crippen MR) is 163 cm³/mol. The number of carboxylic acid groups (broad SMARTS) is 1. The molecule has 1 aromatic rings. The smallest absolute Gasteiger partial charge is 0.339 e. The molecule has 0 spiro atoms. The van der Waals surface area contributed by atoms with E-state index in [0.717, 1.165) is 19.3 Å². The number of aliphatic hydroxyl groups is 3. The first-order chi connectivity index (χ1) is 19.7. The molecule has 8 nitrogen and oxygen atoms in total. The van der Waals surface area contributed by atoms with Gasteiger partial charge in [0.1, 0.15) is 11.3 Å². The summed E-state index contributed by atoms with van der Waals surface area (Å²) in [5.74, 6) is -1.99. The third kappa shape index (κ3) is 6.83. The van der Waals surface area contributed by atoms with Crippen molar-refractivity contribution in [3.05, 3.63) is 28.8 Å². The highest BCUT2D eigenvalue weighted by atomic mass is 16.6. The number of carbonyl (C=O) groups is 1. The summed E-state index contributed by atoms with van der Waals surface area (Å²) >= 11 is 0. The van der Waals surface area contributed by atoms with Crippen molar-refractivity contribution in [1.29, 1.82) is 0 Å². The topological polar surface area (TPSA) is 137 Å². The summed E-state index contributed by atoms with van der Waals surface area (Å²) in [6.07, 6.45) is 3.09. The highest BCUT2D eigenvalue weighted by molar-refractivity contribution is 5.93. The van der Waals surface area contributed by atoms with Gasteiger partial charge in [-0.3, -0.25) is 0 Å². The second-order valence-corrected chi connectivity index (χ2v) is 13.4. The molecule has 0 radical (unpaired) electrons. The van der Waals surface area contributed by atoms with E-state index in [4.69, 9.17) is 9.47 Å². The van der Waals surface area contributed by atoms with E-state index in [1.165, 1.54) is 0 Å². The second kappa shape index (κ2) is 13.9. The third-order valence-electron chi connectivity index (χ3n) is 10.9. The summed E-state index contributed by atoms with van der Waals surface area (Å²) in [7, 11) is 0. The van der Waals surface area contributed by atoms with Gasteiger partial charge in [0, 0.05) is 11.8 Å². The van der Waals surface area contributed by atoms with E-state index < -0.39 is 35.3 Å².